The second-order valence-corrected chi connectivity index (χ2v) is 4.11. The van der Waals surface area contributed by atoms with Gasteiger partial charge in [-0.15, -0.1) is 0 Å². The summed E-state index contributed by atoms with van der Waals surface area (Å²) >= 11 is 0. The summed E-state index contributed by atoms with van der Waals surface area (Å²) in [6, 6.07) is 3.84. The third-order valence-corrected chi connectivity index (χ3v) is 2.85. The number of carbonyl (C=O) groups is 1. The molecule has 86 valence electrons. The molecule has 0 bridgehead atoms. The normalized spacial score (nSPS) is 16.1. The van der Waals surface area contributed by atoms with Crippen molar-refractivity contribution in [2.75, 3.05) is 23.8 Å². The molecule has 1 heterocycles. The topological polar surface area (TPSA) is 55.6 Å². The lowest BCUT2D eigenvalue weighted by atomic mass is 10.1. The Kier molecular flexibility index (Phi) is 2.73. The number of cyclic esters (lactones) is 1. The van der Waals surface area contributed by atoms with E-state index in [1.165, 1.54) is 0 Å². The van der Waals surface area contributed by atoms with Gasteiger partial charge in [0.25, 0.3) is 0 Å². The number of nitrogens with zero attached hydrogens (tertiary/aromatic N) is 1. The van der Waals surface area contributed by atoms with Gasteiger partial charge in [0.1, 0.15) is 0 Å². The first-order valence-electron chi connectivity index (χ1n) is 5.40. The summed E-state index contributed by atoms with van der Waals surface area (Å²) in [5.41, 5.74) is 9.51. The fraction of sp³-hybridized carbons (Fsp3) is 0.417. The zero-order valence-corrected chi connectivity index (χ0v) is 9.62. The number of carbonyl (C=O) groups excluding carboxylic acids is 1. The Hall–Kier alpha value is -1.71. The summed E-state index contributed by atoms with van der Waals surface area (Å²) in [4.78, 5) is 13.3. The molecule has 1 aliphatic heterocycles. The minimum atomic E-state index is -0.280. The number of ether oxygens (including phenoxy) is 1. The first-order chi connectivity index (χ1) is 7.59. The second kappa shape index (κ2) is 4.04. The highest BCUT2D eigenvalue weighted by atomic mass is 16.6. The van der Waals surface area contributed by atoms with Crippen LogP contribution in [0.1, 0.15) is 17.5 Å². The standard InChI is InChI=1S/C12H16N2O2/c1-8-6-9(2)11(7-10(8)13)14-4-3-5-16-12(14)15/h6-7H,3-5,13H2,1-2H3. The summed E-state index contributed by atoms with van der Waals surface area (Å²) in [6.07, 6.45) is 0.580. The van der Waals surface area contributed by atoms with Crippen molar-refractivity contribution in [1.82, 2.24) is 0 Å². The molecule has 1 amide bonds. The minimum absolute atomic E-state index is 0.280. The van der Waals surface area contributed by atoms with Crippen LogP contribution in [-0.2, 0) is 4.74 Å². The Morgan fingerprint density at radius 1 is 1.31 bits per heavy atom. The van der Waals surface area contributed by atoms with E-state index >= 15 is 0 Å². The molecule has 0 unspecified atom stereocenters. The van der Waals surface area contributed by atoms with Crippen molar-refractivity contribution in [3.63, 3.8) is 0 Å². The lowest BCUT2D eigenvalue weighted by Gasteiger charge is -2.28. The first-order valence-corrected chi connectivity index (χ1v) is 5.40. The summed E-state index contributed by atoms with van der Waals surface area (Å²) in [6.45, 7) is 5.14. The zero-order chi connectivity index (χ0) is 11.7. The van der Waals surface area contributed by atoms with Gasteiger partial charge in [0.2, 0.25) is 0 Å². The van der Waals surface area contributed by atoms with Gasteiger partial charge in [0.05, 0.1) is 12.3 Å². The molecule has 1 aromatic carbocycles. The Labute approximate surface area is 95.0 Å². The van der Waals surface area contributed by atoms with Crippen molar-refractivity contribution in [3.05, 3.63) is 23.3 Å². The van der Waals surface area contributed by atoms with E-state index in [0.717, 1.165) is 23.2 Å². The molecule has 2 N–H and O–H groups in total. The van der Waals surface area contributed by atoms with E-state index in [9.17, 15) is 4.79 Å². The number of rotatable bonds is 1. The van der Waals surface area contributed by atoms with Gasteiger partial charge in [0, 0.05) is 12.2 Å². The maximum Gasteiger partial charge on any atom is 0.414 e. The van der Waals surface area contributed by atoms with Gasteiger partial charge in [0.15, 0.2) is 0 Å². The van der Waals surface area contributed by atoms with Crippen molar-refractivity contribution < 1.29 is 9.53 Å². The largest absolute Gasteiger partial charge is 0.449 e. The third-order valence-electron chi connectivity index (χ3n) is 2.85. The van der Waals surface area contributed by atoms with Gasteiger partial charge in [-0.2, -0.15) is 0 Å². The molecule has 0 spiro atoms. The molecule has 0 aliphatic carbocycles. The van der Waals surface area contributed by atoms with E-state index in [0.29, 0.717) is 18.8 Å². The average molecular weight is 220 g/mol. The van der Waals surface area contributed by atoms with Crippen molar-refractivity contribution >= 4 is 17.5 Å². The number of nitrogens with two attached hydrogens (primary N) is 1. The predicted molar refractivity (Wildman–Crippen MR) is 63.6 cm³/mol. The highest BCUT2D eigenvalue weighted by molar-refractivity contribution is 5.90. The van der Waals surface area contributed by atoms with Crippen LogP contribution in [0.5, 0.6) is 0 Å². The molecular formula is C12H16N2O2. The molecule has 2 rings (SSSR count). The summed E-state index contributed by atoms with van der Waals surface area (Å²) < 4.78 is 5.02. The Bertz CT molecular complexity index is 429. The van der Waals surface area contributed by atoms with Crippen LogP contribution in [-0.4, -0.2) is 19.2 Å². The van der Waals surface area contributed by atoms with E-state index in [1.807, 2.05) is 26.0 Å². The smallest absolute Gasteiger partial charge is 0.414 e. The molecule has 4 heteroatoms. The zero-order valence-electron chi connectivity index (χ0n) is 9.62. The van der Waals surface area contributed by atoms with Crippen LogP contribution in [0.15, 0.2) is 12.1 Å². The monoisotopic (exact) mass is 220 g/mol. The highest BCUT2D eigenvalue weighted by Gasteiger charge is 2.22. The summed E-state index contributed by atoms with van der Waals surface area (Å²) in [5, 5.41) is 0. The molecular weight excluding hydrogens is 204 g/mol. The SMILES string of the molecule is Cc1cc(C)c(N2CCCOC2=O)cc1N. The third kappa shape index (κ3) is 1.83. The number of amides is 1. The van der Waals surface area contributed by atoms with Crippen LogP contribution in [0.4, 0.5) is 16.2 Å². The fourth-order valence-corrected chi connectivity index (χ4v) is 1.92. The Morgan fingerprint density at radius 2 is 2.06 bits per heavy atom. The van der Waals surface area contributed by atoms with Gasteiger partial charge in [-0.05, 0) is 37.5 Å². The molecule has 1 aliphatic rings. The van der Waals surface area contributed by atoms with E-state index in [2.05, 4.69) is 0 Å². The lowest BCUT2D eigenvalue weighted by molar-refractivity contribution is 0.140. The van der Waals surface area contributed by atoms with Crippen LogP contribution in [0.2, 0.25) is 0 Å². The maximum atomic E-state index is 11.6. The molecule has 16 heavy (non-hydrogen) atoms. The van der Waals surface area contributed by atoms with Crippen molar-refractivity contribution in [1.29, 1.82) is 0 Å². The number of hydrogen-bond donors (Lipinski definition) is 1. The van der Waals surface area contributed by atoms with Crippen LogP contribution >= 0.6 is 0 Å². The lowest BCUT2D eigenvalue weighted by Crippen LogP contribution is -2.38. The van der Waals surface area contributed by atoms with E-state index in [4.69, 9.17) is 10.5 Å². The predicted octanol–water partition coefficient (Wildman–Crippen LogP) is 2.23. The molecule has 1 saturated heterocycles. The fourth-order valence-electron chi connectivity index (χ4n) is 1.92. The molecule has 0 atom stereocenters. The van der Waals surface area contributed by atoms with Crippen molar-refractivity contribution in [2.24, 2.45) is 0 Å². The number of anilines is 2. The van der Waals surface area contributed by atoms with Crippen LogP contribution in [0.3, 0.4) is 0 Å². The second-order valence-electron chi connectivity index (χ2n) is 4.11. The molecule has 0 aromatic heterocycles. The van der Waals surface area contributed by atoms with Gasteiger partial charge < -0.3 is 10.5 Å². The summed E-state index contributed by atoms with van der Waals surface area (Å²) in [5.74, 6) is 0. The van der Waals surface area contributed by atoms with Gasteiger partial charge in [-0.1, -0.05) is 6.07 Å². The maximum absolute atomic E-state index is 11.6. The van der Waals surface area contributed by atoms with Gasteiger partial charge in [-0.3, -0.25) is 4.90 Å². The number of aryl methyl sites for hydroxylation is 2. The van der Waals surface area contributed by atoms with Gasteiger partial charge >= 0.3 is 6.09 Å². The highest BCUT2D eigenvalue weighted by Crippen LogP contribution is 2.27. The first kappa shape index (κ1) is 10.8. The van der Waals surface area contributed by atoms with Crippen LogP contribution < -0.4 is 10.6 Å². The number of benzene rings is 1. The number of nitrogen functional groups attached to an aromatic ring is 1. The van der Waals surface area contributed by atoms with Gasteiger partial charge in [-0.25, -0.2) is 4.79 Å². The molecule has 1 aromatic rings. The van der Waals surface area contributed by atoms with E-state index in [1.54, 1.807) is 4.90 Å². The summed E-state index contributed by atoms with van der Waals surface area (Å²) in [7, 11) is 0. The molecule has 0 radical (unpaired) electrons. The Balaban J connectivity index is 2.39. The molecule has 0 saturated carbocycles. The minimum Gasteiger partial charge on any atom is -0.449 e. The van der Waals surface area contributed by atoms with E-state index in [-0.39, 0.29) is 6.09 Å². The van der Waals surface area contributed by atoms with Crippen molar-refractivity contribution in [2.45, 2.75) is 20.3 Å². The van der Waals surface area contributed by atoms with Crippen LogP contribution in [0.25, 0.3) is 0 Å². The van der Waals surface area contributed by atoms with Crippen molar-refractivity contribution in [3.8, 4) is 0 Å². The van der Waals surface area contributed by atoms with Crippen LogP contribution in [0, 0.1) is 13.8 Å². The number of hydrogen-bond acceptors (Lipinski definition) is 3. The van der Waals surface area contributed by atoms with E-state index < -0.39 is 0 Å². The molecule has 4 nitrogen and oxygen atoms in total. The average Bonchev–Trinajstić information content (AvgIpc) is 2.25. The quantitative estimate of drug-likeness (QED) is 0.738. The molecule has 1 fully saturated rings. The Morgan fingerprint density at radius 3 is 2.75 bits per heavy atom.